The lowest BCUT2D eigenvalue weighted by atomic mass is 9.93. The number of amides is 3. The molecule has 7 nitrogen and oxygen atoms in total. The molecule has 0 spiro atoms. The number of likely N-dealkylation sites (tertiary alicyclic amines) is 1. The van der Waals surface area contributed by atoms with Crippen molar-refractivity contribution in [3.8, 4) is 0 Å². The van der Waals surface area contributed by atoms with Crippen LogP contribution in [-0.2, 0) is 11.3 Å². The monoisotopic (exact) mass is 452 g/mol. The number of imide groups is 1. The van der Waals surface area contributed by atoms with Gasteiger partial charge in [-0.1, -0.05) is 6.07 Å². The summed E-state index contributed by atoms with van der Waals surface area (Å²) in [5.41, 5.74) is 1.68. The first kappa shape index (κ1) is 21.1. The smallest absolute Gasteiger partial charge is 0.264 e. The molecule has 3 aliphatic heterocycles. The minimum Gasteiger partial charge on any atom is -0.370 e. The number of hydrogen-bond acceptors (Lipinski definition) is 6. The summed E-state index contributed by atoms with van der Waals surface area (Å²) in [6, 6.07) is 5.77. The van der Waals surface area contributed by atoms with E-state index in [1.807, 2.05) is 17.5 Å². The second-order valence-electron chi connectivity index (χ2n) is 8.98. The van der Waals surface area contributed by atoms with Gasteiger partial charge in [-0.05, 0) is 51.2 Å². The minimum absolute atomic E-state index is 0.0706. The SMILES string of the molecule is CC1CCCCN1C(=O)C1CCCN(c2cccc3c2C(=O)N(Cc2nccs2)C3=O)C1. The van der Waals surface area contributed by atoms with Gasteiger partial charge >= 0.3 is 0 Å². The van der Waals surface area contributed by atoms with E-state index in [0.717, 1.165) is 49.5 Å². The zero-order valence-electron chi connectivity index (χ0n) is 18.3. The van der Waals surface area contributed by atoms with Crippen LogP contribution in [0.15, 0.2) is 29.8 Å². The molecule has 2 unspecified atom stereocenters. The lowest BCUT2D eigenvalue weighted by Gasteiger charge is -2.40. The van der Waals surface area contributed by atoms with Gasteiger partial charge in [-0.2, -0.15) is 0 Å². The maximum absolute atomic E-state index is 13.3. The average Bonchev–Trinajstić information content (AvgIpc) is 3.42. The number of hydrogen-bond donors (Lipinski definition) is 0. The summed E-state index contributed by atoms with van der Waals surface area (Å²) >= 11 is 1.43. The number of thiazole rings is 1. The van der Waals surface area contributed by atoms with E-state index in [1.165, 1.54) is 22.7 Å². The molecular formula is C24H28N4O3S. The van der Waals surface area contributed by atoms with Crippen molar-refractivity contribution in [2.45, 2.75) is 51.6 Å². The van der Waals surface area contributed by atoms with E-state index in [0.29, 0.717) is 23.7 Å². The fraction of sp³-hybridized carbons (Fsp3) is 0.500. The molecule has 4 heterocycles. The zero-order valence-corrected chi connectivity index (χ0v) is 19.1. The third kappa shape index (κ3) is 3.70. The van der Waals surface area contributed by atoms with Crippen molar-refractivity contribution in [3.05, 3.63) is 45.9 Å². The highest BCUT2D eigenvalue weighted by Gasteiger charge is 2.40. The van der Waals surface area contributed by atoms with Gasteiger partial charge in [0.05, 0.1) is 29.3 Å². The molecule has 2 saturated heterocycles. The Bertz CT molecular complexity index is 1040. The molecule has 8 heteroatoms. The Labute approximate surface area is 192 Å². The van der Waals surface area contributed by atoms with E-state index in [9.17, 15) is 14.4 Å². The van der Waals surface area contributed by atoms with Crippen molar-refractivity contribution in [2.24, 2.45) is 5.92 Å². The van der Waals surface area contributed by atoms with Crippen LogP contribution in [0.25, 0.3) is 0 Å². The van der Waals surface area contributed by atoms with Gasteiger partial charge in [0, 0.05) is 37.3 Å². The molecule has 0 radical (unpaired) electrons. The molecule has 32 heavy (non-hydrogen) atoms. The second-order valence-corrected chi connectivity index (χ2v) is 9.96. The lowest BCUT2D eigenvalue weighted by molar-refractivity contribution is -0.139. The predicted octanol–water partition coefficient (Wildman–Crippen LogP) is 3.56. The lowest BCUT2D eigenvalue weighted by Crippen LogP contribution is -2.49. The molecule has 0 saturated carbocycles. The minimum atomic E-state index is -0.270. The van der Waals surface area contributed by atoms with Gasteiger partial charge in [-0.25, -0.2) is 4.98 Å². The quantitative estimate of drug-likeness (QED) is 0.664. The molecular weight excluding hydrogens is 424 g/mol. The van der Waals surface area contributed by atoms with Gasteiger partial charge in [0.2, 0.25) is 5.91 Å². The third-order valence-electron chi connectivity index (χ3n) is 6.95. The number of carbonyl (C=O) groups excluding carboxylic acids is 3. The van der Waals surface area contributed by atoms with Crippen molar-refractivity contribution in [2.75, 3.05) is 24.5 Å². The van der Waals surface area contributed by atoms with E-state index in [-0.39, 0.29) is 30.2 Å². The Balaban J connectivity index is 1.38. The van der Waals surface area contributed by atoms with Crippen molar-refractivity contribution >= 4 is 34.7 Å². The molecule has 2 fully saturated rings. The number of anilines is 1. The zero-order chi connectivity index (χ0) is 22.2. The molecule has 5 rings (SSSR count). The normalized spacial score (nSPS) is 23.6. The van der Waals surface area contributed by atoms with E-state index < -0.39 is 0 Å². The van der Waals surface area contributed by atoms with Crippen molar-refractivity contribution < 1.29 is 14.4 Å². The Morgan fingerprint density at radius 3 is 2.78 bits per heavy atom. The highest BCUT2D eigenvalue weighted by molar-refractivity contribution is 7.09. The molecule has 3 amide bonds. The number of carbonyl (C=O) groups is 3. The van der Waals surface area contributed by atoms with Gasteiger partial charge < -0.3 is 9.80 Å². The first-order chi connectivity index (χ1) is 15.5. The summed E-state index contributed by atoms with van der Waals surface area (Å²) < 4.78 is 0. The molecule has 3 aliphatic rings. The van der Waals surface area contributed by atoms with Crippen LogP contribution in [0.2, 0.25) is 0 Å². The second kappa shape index (κ2) is 8.65. The number of fused-ring (bicyclic) bond motifs is 1. The van der Waals surface area contributed by atoms with Gasteiger partial charge in [0.15, 0.2) is 0 Å². The molecule has 2 atom stereocenters. The fourth-order valence-electron chi connectivity index (χ4n) is 5.25. The Morgan fingerprint density at radius 2 is 2.00 bits per heavy atom. The maximum Gasteiger partial charge on any atom is 0.264 e. The molecule has 1 aromatic heterocycles. The first-order valence-corrected chi connectivity index (χ1v) is 12.4. The number of benzene rings is 1. The molecule has 0 bridgehead atoms. The summed E-state index contributed by atoms with van der Waals surface area (Å²) in [7, 11) is 0. The Hall–Kier alpha value is -2.74. The van der Waals surface area contributed by atoms with Crippen LogP contribution in [0.1, 0.15) is 64.8 Å². The Morgan fingerprint density at radius 1 is 1.12 bits per heavy atom. The molecule has 168 valence electrons. The Kier molecular flexibility index (Phi) is 5.71. The van der Waals surface area contributed by atoms with E-state index in [2.05, 4.69) is 21.7 Å². The highest BCUT2D eigenvalue weighted by Crippen LogP contribution is 2.35. The van der Waals surface area contributed by atoms with Crippen molar-refractivity contribution in [3.63, 3.8) is 0 Å². The summed E-state index contributed by atoms with van der Waals surface area (Å²) in [5, 5.41) is 2.58. The van der Waals surface area contributed by atoms with E-state index in [4.69, 9.17) is 0 Å². The van der Waals surface area contributed by atoms with Crippen LogP contribution in [0.4, 0.5) is 5.69 Å². The van der Waals surface area contributed by atoms with Crippen LogP contribution in [-0.4, -0.2) is 58.2 Å². The van der Waals surface area contributed by atoms with Crippen LogP contribution in [0.5, 0.6) is 0 Å². The third-order valence-corrected chi connectivity index (χ3v) is 7.72. The largest absolute Gasteiger partial charge is 0.370 e. The molecule has 1 aromatic carbocycles. The van der Waals surface area contributed by atoms with Crippen LogP contribution < -0.4 is 4.90 Å². The van der Waals surface area contributed by atoms with Crippen LogP contribution >= 0.6 is 11.3 Å². The predicted molar refractivity (Wildman–Crippen MR) is 123 cm³/mol. The fourth-order valence-corrected chi connectivity index (χ4v) is 5.85. The standard InChI is InChI=1S/C24H28N4O3S/c1-16-6-2-3-12-27(16)22(29)17-7-5-11-26(14-17)19-9-4-8-18-21(19)24(31)28(23(18)30)15-20-25-10-13-32-20/h4,8-10,13,16-17H,2-3,5-7,11-12,14-15H2,1H3. The van der Waals surface area contributed by atoms with Crippen molar-refractivity contribution in [1.82, 2.24) is 14.8 Å². The number of rotatable bonds is 4. The summed E-state index contributed by atoms with van der Waals surface area (Å²) in [6.07, 6.45) is 6.78. The maximum atomic E-state index is 13.3. The summed E-state index contributed by atoms with van der Waals surface area (Å²) in [4.78, 5) is 49.3. The molecule has 0 aliphatic carbocycles. The number of aromatic nitrogens is 1. The highest BCUT2D eigenvalue weighted by atomic mass is 32.1. The summed E-state index contributed by atoms with van der Waals surface area (Å²) in [5.74, 6) is -0.371. The average molecular weight is 453 g/mol. The van der Waals surface area contributed by atoms with Crippen LogP contribution in [0, 0.1) is 5.92 Å². The van der Waals surface area contributed by atoms with E-state index in [1.54, 1.807) is 12.3 Å². The van der Waals surface area contributed by atoms with Crippen molar-refractivity contribution in [1.29, 1.82) is 0 Å². The molecule has 0 N–H and O–H groups in total. The van der Waals surface area contributed by atoms with Gasteiger partial charge in [0.25, 0.3) is 11.8 Å². The van der Waals surface area contributed by atoms with E-state index >= 15 is 0 Å². The van der Waals surface area contributed by atoms with Gasteiger partial charge in [-0.3, -0.25) is 19.3 Å². The number of piperidine rings is 2. The first-order valence-electron chi connectivity index (χ1n) is 11.5. The molecule has 2 aromatic rings. The van der Waals surface area contributed by atoms with Gasteiger partial charge in [-0.15, -0.1) is 11.3 Å². The topological polar surface area (TPSA) is 73.8 Å². The summed E-state index contributed by atoms with van der Waals surface area (Å²) in [6.45, 7) is 4.55. The van der Waals surface area contributed by atoms with Crippen LogP contribution in [0.3, 0.4) is 0 Å². The number of nitrogens with zero attached hydrogens (tertiary/aromatic N) is 4. The van der Waals surface area contributed by atoms with Gasteiger partial charge in [0.1, 0.15) is 5.01 Å².